The van der Waals surface area contributed by atoms with Gasteiger partial charge in [-0.3, -0.25) is 0 Å². The predicted molar refractivity (Wildman–Crippen MR) is 152 cm³/mol. The van der Waals surface area contributed by atoms with Crippen LogP contribution in [0.2, 0.25) is 0 Å². The molecule has 0 aliphatic carbocycles. The first kappa shape index (κ1) is 26.6. The Hall–Kier alpha value is 3.33. The van der Waals surface area contributed by atoms with Crippen LogP contribution in [0, 0.1) is 0 Å². The van der Waals surface area contributed by atoms with Gasteiger partial charge in [-0.25, -0.2) is 0 Å². The molecule has 0 fully saturated rings. The van der Waals surface area contributed by atoms with Crippen LogP contribution in [0.25, 0.3) is 0 Å². The van der Waals surface area contributed by atoms with Crippen molar-refractivity contribution >= 4 is 163 Å². The van der Waals surface area contributed by atoms with E-state index in [4.69, 9.17) is 0 Å². The van der Waals surface area contributed by atoms with Crippen LogP contribution >= 0.6 is 163 Å². The first-order chi connectivity index (χ1) is 12.5. The first-order valence-corrected chi connectivity index (χ1v) is 16.3. The van der Waals surface area contributed by atoms with Crippen molar-refractivity contribution in [2.75, 3.05) is 0 Å². The third-order valence-corrected chi connectivity index (χ3v) is 14.2. The van der Waals surface area contributed by atoms with Crippen molar-refractivity contribution in [3.8, 4) is 0 Å². The van der Waals surface area contributed by atoms with E-state index in [2.05, 4.69) is 153 Å². The van der Waals surface area contributed by atoms with Gasteiger partial charge in [-0.1, -0.05) is 43.6 Å². The average Bonchev–Trinajstić information content (AvgIpc) is 2.57. The van der Waals surface area contributed by atoms with Gasteiger partial charge in [0.05, 0.1) is 8.32 Å². The van der Waals surface area contributed by atoms with Crippen LogP contribution in [0.5, 0.6) is 0 Å². The van der Waals surface area contributed by atoms with E-state index in [0.717, 1.165) is 46.4 Å². The van der Waals surface area contributed by atoms with Gasteiger partial charge in [0.2, 0.25) is 0 Å². The summed E-state index contributed by atoms with van der Waals surface area (Å²) in [7, 11) is 0. The summed E-state index contributed by atoms with van der Waals surface area (Å²) >= 11 is 34.8. The van der Waals surface area contributed by atoms with Crippen LogP contribution in [0.4, 0.5) is 0 Å². The Morgan fingerprint density at radius 1 is 0.630 bits per heavy atom. The summed E-state index contributed by atoms with van der Waals surface area (Å²) in [5.41, 5.74) is 0. The Balaban J connectivity index is 2.46. The summed E-state index contributed by atoms with van der Waals surface area (Å²) in [5, 5.41) is 0. The van der Waals surface area contributed by atoms with Gasteiger partial charge in [0, 0.05) is 46.4 Å². The maximum absolute atomic E-state index is 3.76. The van der Waals surface area contributed by atoms with Crippen molar-refractivity contribution < 1.29 is 0 Å². The van der Waals surface area contributed by atoms with Gasteiger partial charge < -0.3 is 0 Å². The van der Waals surface area contributed by atoms with Crippen LogP contribution in [-0.2, 0) is 0 Å². The van der Waals surface area contributed by atoms with Crippen molar-refractivity contribution in [3.05, 3.63) is 39.0 Å². The number of hydrogen-bond acceptors (Lipinski definition) is 3. The molecule has 2 rings (SSSR count). The number of halogens is 8. The molecule has 0 radical (unpaired) electrons. The van der Waals surface area contributed by atoms with E-state index in [-0.39, 0.29) is 0 Å². The summed E-state index contributed by atoms with van der Waals surface area (Å²) in [5.74, 6) is 0. The minimum atomic E-state index is 0.318. The van der Waals surface area contributed by atoms with Gasteiger partial charge in [-0.05, 0) is 122 Å². The molecule has 11 heteroatoms. The fourth-order valence-electron chi connectivity index (χ4n) is 1.92. The Kier molecular flexibility index (Phi) is 11.8. The molecule has 2 aromatic carbocycles. The SMILES string of the molecule is CC(Br)Sc1c(Br)cc(Sc2cc(Br)c(SC(C)Br)c(Br)c2Br)c(Br)c1Br. The smallest absolute Gasteiger partial charge is 0.0620 e. The van der Waals surface area contributed by atoms with E-state index in [1.165, 1.54) is 0 Å². The molecular weight excluding hydrogens is 928 g/mol. The fourth-order valence-corrected chi connectivity index (χ4v) is 10.7. The molecule has 0 amide bonds. The maximum Gasteiger partial charge on any atom is 0.0620 e. The lowest BCUT2D eigenvalue weighted by Gasteiger charge is -2.17. The minimum absolute atomic E-state index is 0.318. The van der Waals surface area contributed by atoms with Crippen molar-refractivity contribution in [2.45, 2.75) is 41.7 Å². The molecule has 0 aliphatic heterocycles. The number of hydrogen-bond donors (Lipinski definition) is 0. The molecule has 0 aliphatic rings. The van der Waals surface area contributed by atoms with Crippen molar-refractivity contribution in [2.24, 2.45) is 0 Å². The van der Waals surface area contributed by atoms with E-state index in [9.17, 15) is 0 Å². The minimum Gasteiger partial charge on any atom is -0.109 e. The third kappa shape index (κ3) is 7.16. The topological polar surface area (TPSA) is 0 Å². The molecule has 0 bridgehead atoms. The predicted octanol–water partition coefficient (Wildman–Crippen LogP) is 12.1. The average molecular weight is 938 g/mol. The van der Waals surface area contributed by atoms with Crippen LogP contribution in [-0.4, -0.2) is 8.32 Å². The second-order valence-corrected chi connectivity index (χ2v) is 17.7. The number of thioether (sulfide) groups is 2. The molecule has 2 aromatic rings. The maximum atomic E-state index is 3.76. The summed E-state index contributed by atoms with van der Waals surface area (Å²) in [6, 6.07) is 4.30. The largest absolute Gasteiger partial charge is 0.109 e. The summed E-state index contributed by atoms with van der Waals surface area (Å²) in [6.07, 6.45) is 0. The summed E-state index contributed by atoms with van der Waals surface area (Å²) in [4.78, 5) is 4.56. The molecule has 2 unspecified atom stereocenters. The van der Waals surface area contributed by atoms with Crippen LogP contribution in [0.1, 0.15) is 13.8 Å². The number of rotatable bonds is 6. The molecule has 0 saturated heterocycles. The molecule has 0 nitrogen and oxygen atoms in total. The standard InChI is InChI=1S/C16H10Br8S3/c1-5(17)25-15-7(19)3-9(11(21)13(15)23)27-10-4-8(20)16(26-6(2)18)14(24)12(10)22/h3-6H,1-2H3. The van der Waals surface area contributed by atoms with Crippen LogP contribution in [0.15, 0.2) is 58.6 Å². The fraction of sp³-hybridized carbons (Fsp3) is 0.250. The van der Waals surface area contributed by atoms with E-state index < -0.39 is 0 Å². The van der Waals surface area contributed by atoms with Gasteiger partial charge in [0.15, 0.2) is 0 Å². The van der Waals surface area contributed by atoms with E-state index in [0.29, 0.717) is 8.32 Å². The molecule has 27 heavy (non-hydrogen) atoms. The van der Waals surface area contributed by atoms with Gasteiger partial charge in [-0.2, -0.15) is 0 Å². The highest BCUT2D eigenvalue weighted by atomic mass is 79.9. The zero-order valence-corrected chi connectivity index (χ0v) is 28.7. The zero-order valence-electron chi connectivity index (χ0n) is 13.6. The molecule has 0 aromatic heterocycles. The lowest BCUT2D eigenvalue weighted by Crippen LogP contribution is -1.90. The van der Waals surface area contributed by atoms with Gasteiger partial charge in [-0.15, -0.1) is 23.5 Å². The Morgan fingerprint density at radius 3 is 1.26 bits per heavy atom. The normalized spacial score (nSPS) is 13.7. The highest BCUT2D eigenvalue weighted by Gasteiger charge is 2.20. The molecule has 0 N–H and O–H groups in total. The monoisotopic (exact) mass is 929 g/mol. The Bertz CT molecular complexity index is 785. The van der Waals surface area contributed by atoms with Gasteiger partial charge >= 0.3 is 0 Å². The first-order valence-electron chi connectivity index (χ1n) is 7.17. The second-order valence-electron chi connectivity index (χ2n) is 5.05. The summed E-state index contributed by atoms with van der Waals surface area (Å²) < 4.78 is 6.93. The van der Waals surface area contributed by atoms with Crippen molar-refractivity contribution in [1.82, 2.24) is 0 Å². The molecule has 0 spiro atoms. The van der Waals surface area contributed by atoms with E-state index in [1.54, 1.807) is 35.3 Å². The molecule has 2 atom stereocenters. The Labute approximate surface area is 239 Å². The third-order valence-electron chi connectivity index (χ3n) is 2.95. The number of alkyl halides is 2. The zero-order chi connectivity index (χ0) is 20.5. The van der Waals surface area contributed by atoms with Gasteiger partial charge in [0.25, 0.3) is 0 Å². The highest BCUT2D eigenvalue weighted by Crippen LogP contribution is 2.51. The quantitative estimate of drug-likeness (QED) is 0.161. The Morgan fingerprint density at radius 2 is 0.963 bits per heavy atom. The van der Waals surface area contributed by atoms with E-state index in [1.807, 2.05) is 0 Å². The summed E-state index contributed by atoms with van der Waals surface area (Å²) in [6.45, 7) is 4.22. The lowest BCUT2D eigenvalue weighted by molar-refractivity contribution is 1.20. The second kappa shape index (κ2) is 12.0. The lowest BCUT2D eigenvalue weighted by atomic mass is 10.3. The highest BCUT2D eigenvalue weighted by molar-refractivity contribution is 9.14. The van der Waals surface area contributed by atoms with Crippen LogP contribution < -0.4 is 0 Å². The molecular formula is C16H10Br8S3. The molecule has 0 saturated carbocycles. The molecule has 148 valence electrons. The van der Waals surface area contributed by atoms with Crippen molar-refractivity contribution in [1.29, 1.82) is 0 Å². The van der Waals surface area contributed by atoms with Gasteiger partial charge in [0.1, 0.15) is 0 Å². The van der Waals surface area contributed by atoms with E-state index >= 15 is 0 Å². The van der Waals surface area contributed by atoms with Crippen LogP contribution in [0.3, 0.4) is 0 Å². The van der Waals surface area contributed by atoms with Crippen molar-refractivity contribution in [3.63, 3.8) is 0 Å². The number of benzene rings is 2. The molecule has 0 heterocycles.